The average molecular weight is 283 g/mol. The predicted molar refractivity (Wildman–Crippen MR) is 76.2 cm³/mol. The van der Waals surface area contributed by atoms with Gasteiger partial charge in [0.05, 0.1) is 0 Å². The van der Waals surface area contributed by atoms with Gasteiger partial charge in [-0.15, -0.1) is 0 Å². The number of alkyl halides is 1. The van der Waals surface area contributed by atoms with Gasteiger partial charge in [-0.25, -0.2) is 0 Å². The van der Waals surface area contributed by atoms with E-state index in [2.05, 4.69) is 61.0 Å². The van der Waals surface area contributed by atoms with Crippen LogP contribution in [0.3, 0.4) is 0 Å². The highest BCUT2D eigenvalue weighted by atomic mass is 79.9. The molecule has 0 aliphatic heterocycles. The molecule has 0 aliphatic rings. The Balaban J connectivity index is 2.59. The molecule has 90 valence electrons. The minimum absolute atomic E-state index is 0.512. The van der Waals surface area contributed by atoms with Crippen LogP contribution in [0.15, 0.2) is 24.3 Å². The molecular formula is C15H23Br. The lowest BCUT2D eigenvalue weighted by atomic mass is 9.98. The van der Waals surface area contributed by atoms with Gasteiger partial charge in [0, 0.05) is 4.83 Å². The lowest BCUT2D eigenvalue weighted by molar-refractivity contribution is 0.514. The average Bonchev–Trinajstić information content (AvgIpc) is 2.30. The number of aryl methyl sites for hydroxylation is 1. The number of rotatable bonds is 6. The molecule has 0 saturated heterocycles. The lowest BCUT2D eigenvalue weighted by Crippen LogP contribution is -1.98. The maximum atomic E-state index is 3.79. The van der Waals surface area contributed by atoms with Crippen LogP contribution in [0.25, 0.3) is 0 Å². The first-order valence-corrected chi connectivity index (χ1v) is 7.31. The summed E-state index contributed by atoms with van der Waals surface area (Å²) >= 11 is 3.79. The van der Waals surface area contributed by atoms with Gasteiger partial charge in [-0.3, -0.25) is 0 Å². The van der Waals surface area contributed by atoms with E-state index in [0.29, 0.717) is 4.83 Å². The van der Waals surface area contributed by atoms with Gasteiger partial charge < -0.3 is 0 Å². The van der Waals surface area contributed by atoms with Crippen molar-refractivity contribution < 1.29 is 0 Å². The number of hydrogen-bond donors (Lipinski definition) is 0. The molecule has 0 bridgehead atoms. The van der Waals surface area contributed by atoms with Crippen molar-refractivity contribution in [3.05, 3.63) is 35.4 Å². The Kier molecular flexibility index (Phi) is 6.12. The second-order valence-corrected chi connectivity index (χ2v) is 5.81. The van der Waals surface area contributed by atoms with Gasteiger partial charge in [-0.05, 0) is 29.9 Å². The van der Waals surface area contributed by atoms with Crippen LogP contribution in [0, 0.1) is 5.92 Å². The summed E-state index contributed by atoms with van der Waals surface area (Å²) in [5.74, 6) is 0.791. The Bertz CT molecular complexity index is 289. The lowest BCUT2D eigenvalue weighted by Gasteiger charge is -2.15. The van der Waals surface area contributed by atoms with Gasteiger partial charge in [0.25, 0.3) is 0 Å². The van der Waals surface area contributed by atoms with Gasteiger partial charge in [-0.1, -0.05) is 73.8 Å². The largest absolute Gasteiger partial charge is 0.0839 e. The predicted octanol–water partition coefficient (Wildman–Crippen LogP) is 5.51. The molecule has 1 aromatic carbocycles. The van der Waals surface area contributed by atoms with E-state index in [-0.39, 0.29) is 0 Å². The van der Waals surface area contributed by atoms with Gasteiger partial charge in [0.2, 0.25) is 0 Å². The van der Waals surface area contributed by atoms with Crippen molar-refractivity contribution in [1.29, 1.82) is 0 Å². The molecule has 0 nitrogen and oxygen atoms in total. The fraction of sp³-hybridized carbons (Fsp3) is 0.600. The van der Waals surface area contributed by atoms with Crippen molar-refractivity contribution in [2.75, 3.05) is 0 Å². The molecule has 1 rings (SSSR count). The zero-order valence-corrected chi connectivity index (χ0v) is 12.3. The van der Waals surface area contributed by atoms with Crippen LogP contribution >= 0.6 is 15.9 Å². The highest BCUT2D eigenvalue weighted by Crippen LogP contribution is 2.30. The van der Waals surface area contributed by atoms with Gasteiger partial charge in [0.1, 0.15) is 0 Å². The summed E-state index contributed by atoms with van der Waals surface area (Å²) in [6, 6.07) is 9.08. The van der Waals surface area contributed by atoms with Crippen molar-refractivity contribution in [3.63, 3.8) is 0 Å². The maximum absolute atomic E-state index is 3.79. The molecule has 16 heavy (non-hydrogen) atoms. The fourth-order valence-electron chi connectivity index (χ4n) is 1.84. The molecule has 0 aliphatic carbocycles. The Labute approximate surface area is 109 Å². The third kappa shape index (κ3) is 4.29. The summed E-state index contributed by atoms with van der Waals surface area (Å²) in [6.07, 6.45) is 4.90. The Morgan fingerprint density at radius 3 is 2.25 bits per heavy atom. The summed E-state index contributed by atoms with van der Waals surface area (Å²) in [5, 5.41) is 0. The van der Waals surface area contributed by atoms with Crippen molar-refractivity contribution in [3.8, 4) is 0 Å². The first kappa shape index (κ1) is 13.8. The second kappa shape index (κ2) is 7.11. The smallest absolute Gasteiger partial charge is 0.0397 e. The van der Waals surface area contributed by atoms with Gasteiger partial charge in [0.15, 0.2) is 0 Å². The van der Waals surface area contributed by atoms with Crippen LogP contribution in [0.2, 0.25) is 0 Å². The molecule has 0 fully saturated rings. The third-order valence-electron chi connectivity index (χ3n) is 3.19. The molecular weight excluding hydrogens is 260 g/mol. The Morgan fingerprint density at radius 2 is 1.75 bits per heavy atom. The molecule has 2 unspecified atom stereocenters. The van der Waals surface area contributed by atoms with E-state index in [1.807, 2.05) is 0 Å². The van der Waals surface area contributed by atoms with Crippen LogP contribution in [0.4, 0.5) is 0 Å². The molecule has 0 aromatic heterocycles. The monoisotopic (exact) mass is 282 g/mol. The van der Waals surface area contributed by atoms with Crippen LogP contribution in [-0.2, 0) is 6.42 Å². The molecule has 0 amide bonds. The van der Waals surface area contributed by atoms with E-state index in [9.17, 15) is 0 Å². The molecule has 0 spiro atoms. The SMILES string of the molecule is CCCc1ccc(C(Br)CC(C)CC)cc1. The standard InChI is InChI=1S/C15H23Br/c1-4-6-13-7-9-14(10-8-13)15(16)11-12(3)5-2/h7-10,12,15H,4-6,11H2,1-3H3. The summed E-state index contributed by atoms with van der Waals surface area (Å²) in [6.45, 7) is 6.80. The van der Waals surface area contributed by atoms with E-state index in [1.165, 1.54) is 36.8 Å². The summed E-state index contributed by atoms with van der Waals surface area (Å²) in [7, 11) is 0. The van der Waals surface area contributed by atoms with Crippen LogP contribution in [0.5, 0.6) is 0 Å². The minimum Gasteiger partial charge on any atom is -0.0839 e. The van der Waals surface area contributed by atoms with E-state index in [4.69, 9.17) is 0 Å². The maximum Gasteiger partial charge on any atom is 0.0397 e. The van der Waals surface area contributed by atoms with Crippen molar-refractivity contribution in [2.24, 2.45) is 5.92 Å². The van der Waals surface area contributed by atoms with Crippen molar-refractivity contribution in [1.82, 2.24) is 0 Å². The highest BCUT2D eigenvalue weighted by molar-refractivity contribution is 9.09. The molecule has 1 aromatic rings. The molecule has 0 radical (unpaired) electrons. The third-order valence-corrected chi connectivity index (χ3v) is 4.09. The van der Waals surface area contributed by atoms with E-state index >= 15 is 0 Å². The highest BCUT2D eigenvalue weighted by Gasteiger charge is 2.10. The molecule has 0 saturated carbocycles. The first-order chi connectivity index (χ1) is 7.67. The Hall–Kier alpha value is -0.300. The topological polar surface area (TPSA) is 0 Å². The summed E-state index contributed by atoms with van der Waals surface area (Å²) < 4.78 is 0. The Morgan fingerprint density at radius 1 is 1.12 bits per heavy atom. The minimum atomic E-state index is 0.512. The zero-order valence-electron chi connectivity index (χ0n) is 10.7. The zero-order chi connectivity index (χ0) is 12.0. The second-order valence-electron chi connectivity index (χ2n) is 4.71. The fourth-order valence-corrected chi connectivity index (χ4v) is 2.78. The van der Waals surface area contributed by atoms with Gasteiger partial charge >= 0.3 is 0 Å². The first-order valence-electron chi connectivity index (χ1n) is 6.40. The van der Waals surface area contributed by atoms with E-state index in [0.717, 1.165) is 5.92 Å². The van der Waals surface area contributed by atoms with Gasteiger partial charge in [-0.2, -0.15) is 0 Å². The van der Waals surface area contributed by atoms with Crippen molar-refractivity contribution >= 4 is 15.9 Å². The van der Waals surface area contributed by atoms with Crippen LogP contribution in [0.1, 0.15) is 56.0 Å². The van der Waals surface area contributed by atoms with E-state index < -0.39 is 0 Å². The molecule has 2 atom stereocenters. The number of benzene rings is 1. The molecule has 1 heteroatoms. The summed E-state index contributed by atoms with van der Waals surface area (Å²) in [5.41, 5.74) is 2.87. The van der Waals surface area contributed by atoms with Crippen LogP contribution in [-0.4, -0.2) is 0 Å². The molecule has 0 N–H and O–H groups in total. The number of halogens is 1. The summed E-state index contributed by atoms with van der Waals surface area (Å²) in [4.78, 5) is 0.512. The van der Waals surface area contributed by atoms with E-state index in [1.54, 1.807) is 0 Å². The van der Waals surface area contributed by atoms with Crippen LogP contribution < -0.4 is 0 Å². The number of hydrogen-bond acceptors (Lipinski definition) is 0. The normalized spacial score (nSPS) is 14.8. The molecule has 0 heterocycles. The quantitative estimate of drug-likeness (QED) is 0.604. The van der Waals surface area contributed by atoms with Crippen molar-refractivity contribution in [2.45, 2.75) is 51.3 Å².